The molecule has 0 saturated carbocycles. The van der Waals surface area contributed by atoms with Gasteiger partial charge < -0.3 is 4.74 Å². The standard InChI is InChI=1S/C13H10FNO2/c14-10-1-3-11(4-2-10)15-8-9-5-6-17-12(9)7-13(15)16/h1-4,7-8H,5-6H2. The first-order valence-electron chi connectivity index (χ1n) is 5.38. The zero-order valence-corrected chi connectivity index (χ0v) is 9.02. The van der Waals surface area contributed by atoms with E-state index in [9.17, 15) is 9.18 Å². The Hall–Kier alpha value is -2.10. The molecule has 86 valence electrons. The summed E-state index contributed by atoms with van der Waals surface area (Å²) < 4.78 is 19.6. The lowest BCUT2D eigenvalue weighted by Gasteiger charge is -2.07. The summed E-state index contributed by atoms with van der Waals surface area (Å²) in [5.74, 6) is 0.347. The summed E-state index contributed by atoms with van der Waals surface area (Å²) in [5.41, 5.74) is 1.50. The molecule has 0 radical (unpaired) electrons. The number of hydrogen-bond donors (Lipinski definition) is 0. The molecule has 1 aliphatic rings. The van der Waals surface area contributed by atoms with Crippen molar-refractivity contribution in [3.8, 4) is 11.4 Å². The minimum Gasteiger partial charge on any atom is -0.493 e. The Kier molecular flexibility index (Phi) is 2.21. The van der Waals surface area contributed by atoms with E-state index in [1.54, 1.807) is 18.3 Å². The second-order valence-corrected chi connectivity index (χ2v) is 3.95. The molecule has 0 unspecified atom stereocenters. The zero-order chi connectivity index (χ0) is 11.8. The Bertz CT molecular complexity index is 616. The van der Waals surface area contributed by atoms with Gasteiger partial charge in [-0.15, -0.1) is 0 Å². The number of aromatic nitrogens is 1. The maximum absolute atomic E-state index is 12.8. The predicted octanol–water partition coefficient (Wildman–Crippen LogP) is 1.91. The van der Waals surface area contributed by atoms with Crippen molar-refractivity contribution < 1.29 is 9.13 Å². The summed E-state index contributed by atoms with van der Waals surface area (Å²) in [7, 11) is 0. The fourth-order valence-electron chi connectivity index (χ4n) is 1.95. The van der Waals surface area contributed by atoms with Crippen LogP contribution in [0, 0.1) is 5.82 Å². The Morgan fingerprint density at radius 3 is 2.76 bits per heavy atom. The van der Waals surface area contributed by atoms with Crippen LogP contribution < -0.4 is 10.3 Å². The summed E-state index contributed by atoms with van der Waals surface area (Å²) in [6.45, 7) is 0.613. The molecule has 0 bridgehead atoms. The van der Waals surface area contributed by atoms with Crippen molar-refractivity contribution in [1.82, 2.24) is 4.57 Å². The number of rotatable bonds is 1. The Morgan fingerprint density at radius 2 is 2.00 bits per heavy atom. The lowest BCUT2D eigenvalue weighted by Crippen LogP contribution is -2.16. The van der Waals surface area contributed by atoms with Gasteiger partial charge in [0.15, 0.2) is 0 Å². The maximum Gasteiger partial charge on any atom is 0.258 e. The van der Waals surface area contributed by atoms with E-state index in [0.717, 1.165) is 12.0 Å². The third-order valence-corrected chi connectivity index (χ3v) is 2.83. The molecule has 2 aromatic rings. The molecule has 1 aromatic carbocycles. The van der Waals surface area contributed by atoms with E-state index in [1.165, 1.54) is 22.8 Å². The zero-order valence-electron chi connectivity index (χ0n) is 9.02. The first kappa shape index (κ1) is 10.1. The molecule has 1 aliphatic heterocycles. The molecule has 2 heterocycles. The molecule has 0 aliphatic carbocycles. The summed E-state index contributed by atoms with van der Waals surface area (Å²) in [5, 5.41) is 0. The summed E-state index contributed by atoms with van der Waals surface area (Å²) in [4.78, 5) is 11.9. The first-order chi connectivity index (χ1) is 8.24. The van der Waals surface area contributed by atoms with Crippen LogP contribution in [0.25, 0.3) is 5.69 Å². The number of halogens is 1. The summed E-state index contributed by atoms with van der Waals surface area (Å²) >= 11 is 0. The second kappa shape index (κ2) is 3.73. The molecular formula is C13H10FNO2. The summed E-state index contributed by atoms with van der Waals surface area (Å²) in [6, 6.07) is 7.32. The van der Waals surface area contributed by atoms with Crippen molar-refractivity contribution >= 4 is 0 Å². The van der Waals surface area contributed by atoms with E-state index in [1.807, 2.05) is 0 Å². The minimum absolute atomic E-state index is 0.169. The predicted molar refractivity (Wildman–Crippen MR) is 61.2 cm³/mol. The van der Waals surface area contributed by atoms with Crippen LogP contribution in [0.3, 0.4) is 0 Å². The van der Waals surface area contributed by atoms with Gasteiger partial charge >= 0.3 is 0 Å². The highest BCUT2D eigenvalue weighted by atomic mass is 19.1. The topological polar surface area (TPSA) is 31.2 Å². The molecular weight excluding hydrogens is 221 g/mol. The van der Waals surface area contributed by atoms with E-state index in [4.69, 9.17) is 4.74 Å². The van der Waals surface area contributed by atoms with Gasteiger partial charge in [-0.2, -0.15) is 0 Å². The number of pyridine rings is 1. The largest absolute Gasteiger partial charge is 0.493 e. The van der Waals surface area contributed by atoms with Gasteiger partial charge in [0.2, 0.25) is 0 Å². The molecule has 4 heteroatoms. The van der Waals surface area contributed by atoms with Crippen LogP contribution in [0.1, 0.15) is 5.56 Å². The lowest BCUT2D eigenvalue weighted by atomic mass is 10.2. The number of fused-ring (bicyclic) bond motifs is 1. The Labute approximate surface area is 97.1 Å². The van der Waals surface area contributed by atoms with Crippen molar-refractivity contribution in [1.29, 1.82) is 0 Å². The fraction of sp³-hybridized carbons (Fsp3) is 0.154. The molecule has 0 N–H and O–H groups in total. The highest BCUT2D eigenvalue weighted by Gasteiger charge is 2.14. The quantitative estimate of drug-likeness (QED) is 0.750. The van der Waals surface area contributed by atoms with Crippen LogP contribution >= 0.6 is 0 Å². The SMILES string of the molecule is O=c1cc2c(cn1-c1ccc(F)cc1)CCO2. The summed E-state index contributed by atoms with van der Waals surface area (Å²) in [6.07, 6.45) is 2.56. The second-order valence-electron chi connectivity index (χ2n) is 3.95. The third-order valence-electron chi connectivity index (χ3n) is 2.83. The van der Waals surface area contributed by atoms with E-state index in [0.29, 0.717) is 18.0 Å². The van der Waals surface area contributed by atoms with Crippen LogP contribution in [-0.2, 0) is 6.42 Å². The smallest absolute Gasteiger partial charge is 0.258 e. The fourth-order valence-corrected chi connectivity index (χ4v) is 1.95. The van der Waals surface area contributed by atoms with Gasteiger partial charge in [0.05, 0.1) is 6.61 Å². The molecule has 0 saturated heterocycles. The monoisotopic (exact) mass is 231 g/mol. The Morgan fingerprint density at radius 1 is 1.24 bits per heavy atom. The number of nitrogens with zero attached hydrogens (tertiary/aromatic N) is 1. The average molecular weight is 231 g/mol. The Balaban J connectivity index is 2.15. The van der Waals surface area contributed by atoms with E-state index in [-0.39, 0.29) is 11.4 Å². The number of ether oxygens (including phenoxy) is 1. The van der Waals surface area contributed by atoms with Crippen molar-refractivity contribution in [2.75, 3.05) is 6.61 Å². The average Bonchev–Trinajstić information content (AvgIpc) is 2.76. The number of hydrogen-bond acceptors (Lipinski definition) is 2. The highest BCUT2D eigenvalue weighted by Crippen LogP contribution is 2.23. The van der Waals surface area contributed by atoms with Gasteiger partial charge in [-0.25, -0.2) is 4.39 Å². The molecule has 0 spiro atoms. The van der Waals surface area contributed by atoms with E-state index in [2.05, 4.69) is 0 Å². The first-order valence-corrected chi connectivity index (χ1v) is 5.38. The van der Waals surface area contributed by atoms with Crippen molar-refractivity contribution in [3.63, 3.8) is 0 Å². The normalized spacial score (nSPS) is 13.2. The molecule has 1 aromatic heterocycles. The number of benzene rings is 1. The van der Waals surface area contributed by atoms with Crippen molar-refractivity contribution in [3.05, 3.63) is 58.3 Å². The molecule has 17 heavy (non-hydrogen) atoms. The van der Waals surface area contributed by atoms with Crippen LogP contribution in [0.15, 0.2) is 41.3 Å². The van der Waals surface area contributed by atoms with Crippen molar-refractivity contribution in [2.24, 2.45) is 0 Å². The van der Waals surface area contributed by atoms with Gasteiger partial charge in [0.25, 0.3) is 5.56 Å². The molecule has 0 amide bonds. The molecule has 3 rings (SSSR count). The molecule has 0 fully saturated rings. The van der Waals surface area contributed by atoms with Crippen LogP contribution in [0.2, 0.25) is 0 Å². The maximum atomic E-state index is 12.8. The third kappa shape index (κ3) is 1.71. The lowest BCUT2D eigenvalue weighted by molar-refractivity contribution is 0.356. The van der Waals surface area contributed by atoms with E-state index >= 15 is 0 Å². The van der Waals surface area contributed by atoms with Crippen molar-refractivity contribution in [2.45, 2.75) is 6.42 Å². The van der Waals surface area contributed by atoms with E-state index < -0.39 is 0 Å². The van der Waals surface area contributed by atoms with Crippen LogP contribution in [0.5, 0.6) is 5.75 Å². The highest BCUT2D eigenvalue weighted by molar-refractivity contribution is 5.39. The van der Waals surface area contributed by atoms with Crippen LogP contribution in [-0.4, -0.2) is 11.2 Å². The van der Waals surface area contributed by atoms with Gasteiger partial charge in [0, 0.05) is 29.9 Å². The molecule has 0 atom stereocenters. The van der Waals surface area contributed by atoms with Crippen LogP contribution in [0.4, 0.5) is 4.39 Å². The minimum atomic E-state index is -0.314. The van der Waals surface area contributed by atoms with Gasteiger partial charge in [-0.05, 0) is 24.3 Å². The molecule has 3 nitrogen and oxygen atoms in total. The van der Waals surface area contributed by atoms with Gasteiger partial charge in [-0.3, -0.25) is 9.36 Å². The van der Waals surface area contributed by atoms with Gasteiger partial charge in [0.1, 0.15) is 11.6 Å². The van der Waals surface area contributed by atoms with Gasteiger partial charge in [-0.1, -0.05) is 0 Å².